The Bertz CT molecular complexity index is 523. The molecule has 0 aliphatic heterocycles. The maximum atomic E-state index is 5.82. The Morgan fingerprint density at radius 1 is 1.35 bits per heavy atom. The van der Waals surface area contributed by atoms with Crippen molar-refractivity contribution in [1.82, 2.24) is 10.4 Å². The summed E-state index contributed by atoms with van der Waals surface area (Å²) < 4.78 is 0. The number of aromatic nitrogens is 1. The van der Waals surface area contributed by atoms with Gasteiger partial charge in [0.15, 0.2) is 5.11 Å². The highest BCUT2D eigenvalue weighted by Crippen LogP contribution is 2.25. The van der Waals surface area contributed by atoms with Gasteiger partial charge in [0.1, 0.15) is 0 Å². The number of anilines is 1. The highest BCUT2D eigenvalue weighted by atomic mass is 35.5. The summed E-state index contributed by atoms with van der Waals surface area (Å²) in [5.74, 6) is 0. The van der Waals surface area contributed by atoms with Crippen molar-refractivity contribution in [3.63, 3.8) is 0 Å². The first-order valence-corrected chi connectivity index (χ1v) is 6.34. The van der Waals surface area contributed by atoms with Crippen molar-refractivity contribution in [2.45, 2.75) is 0 Å². The lowest BCUT2D eigenvalue weighted by Crippen LogP contribution is -2.33. The van der Waals surface area contributed by atoms with Gasteiger partial charge in [0.2, 0.25) is 5.13 Å². The molecule has 0 aliphatic rings. The zero-order valence-electron chi connectivity index (χ0n) is 8.61. The molecule has 0 radical (unpaired) electrons. The van der Waals surface area contributed by atoms with E-state index in [9.17, 15) is 0 Å². The number of rotatable bonds is 3. The standard InChI is InChI=1S/C10H9ClN4S2/c11-7-3-1-6(2-4-7)8-5-17-10(13-8)15-14-9(12)16/h1-5H,(H,13,15)(H3,12,14,16). The summed E-state index contributed by atoms with van der Waals surface area (Å²) in [4.78, 5) is 4.37. The van der Waals surface area contributed by atoms with E-state index in [1.165, 1.54) is 11.3 Å². The van der Waals surface area contributed by atoms with E-state index in [-0.39, 0.29) is 5.11 Å². The van der Waals surface area contributed by atoms with Crippen LogP contribution in [0.2, 0.25) is 5.02 Å². The average molecular weight is 285 g/mol. The Hall–Kier alpha value is -1.37. The third-order valence-corrected chi connectivity index (χ3v) is 3.05. The Balaban J connectivity index is 2.12. The summed E-state index contributed by atoms with van der Waals surface area (Å²) in [5.41, 5.74) is 12.6. The molecule has 7 heteroatoms. The first kappa shape index (κ1) is 12.1. The van der Waals surface area contributed by atoms with E-state index in [2.05, 4.69) is 28.1 Å². The number of hydrogen-bond donors (Lipinski definition) is 3. The fraction of sp³-hybridized carbons (Fsp3) is 0. The van der Waals surface area contributed by atoms with Gasteiger partial charge in [0.25, 0.3) is 0 Å². The largest absolute Gasteiger partial charge is 0.375 e. The second kappa shape index (κ2) is 5.31. The van der Waals surface area contributed by atoms with E-state index < -0.39 is 0 Å². The van der Waals surface area contributed by atoms with E-state index in [1.54, 1.807) is 0 Å². The smallest absolute Gasteiger partial charge is 0.202 e. The molecule has 17 heavy (non-hydrogen) atoms. The van der Waals surface area contributed by atoms with E-state index in [0.717, 1.165) is 11.3 Å². The second-order valence-electron chi connectivity index (χ2n) is 3.16. The monoisotopic (exact) mass is 284 g/mol. The fourth-order valence-corrected chi connectivity index (χ4v) is 2.05. The maximum absolute atomic E-state index is 5.82. The lowest BCUT2D eigenvalue weighted by molar-refractivity contribution is 1.11. The molecule has 88 valence electrons. The van der Waals surface area contributed by atoms with Gasteiger partial charge < -0.3 is 5.73 Å². The summed E-state index contributed by atoms with van der Waals surface area (Å²) in [5, 5.41) is 3.51. The molecule has 0 unspecified atom stereocenters. The first-order valence-electron chi connectivity index (χ1n) is 4.68. The predicted octanol–water partition coefficient (Wildman–Crippen LogP) is 2.62. The average Bonchev–Trinajstić information content (AvgIpc) is 2.76. The summed E-state index contributed by atoms with van der Waals surface area (Å²) in [6.07, 6.45) is 0. The normalized spacial score (nSPS) is 9.94. The van der Waals surface area contributed by atoms with Crippen molar-refractivity contribution >= 4 is 45.4 Å². The van der Waals surface area contributed by atoms with Gasteiger partial charge >= 0.3 is 0 Å². The molecule has 1 heterocycles. The molecule has 0 fully saturated rings. The molecule has 4 nitrogen and oxygen atoms in total. The highest BCUT2D eigenvalue weighted by Gasteiger charge is 2.04. The summed E-state index contributed by atoms with van der Waals surface area (Å²) in [6, 6.07) is 7.50. The molecule has 0 aliphatic carbocycles. The zero-order chi connectivity index (χ0) is 12.3. The summed E-state index contributed by atoms with van der Waals surface area (Å²) >= 11 is 12.0. The zero-order valence-corrected chi connectivity index (χ0v) is 11.0. The van der Waals surface area contributed by atoms with Crippen LogP contribution in [0.25, 0.3) is 11.3 Å². The van der Waals surface area contributed by atoms with Gasteiger partial charge in [0.05, 0.1) is 5.69 Å². The van der Waals surface area contributed by atoms with Crippen molar-refractivity contribution in [2.24, 2.45) is 5.73 Å². The number of thiocarbonyl (C=S) groups is 1. The van der Waals surface area contributed by atoms with Crippen LogP contribution in [0, 0.1) is 0 Å². The lowest BCUT2D eigenvalue weighted by atomic mass is 10.2. The number of benzene rings is 1. The minimum Gasteiger partial charge on any atom is -0.375 e. The number of thiazole rings is 1. The maximum Gasteiger partial charge on any atom is 0.202 e. The Morgan fingerprint density at radius 3 is 2.71 bits per heavy atom. The van der Waals surface area contributed by atoms with Gasteiger partial charge in [-0.1, -0.05) is 23.7 Å². The summed E-state index contributed by atoms with van der Waals surface area (Å²) in [7, 11) is 0. The third-order valence-electron chi connectivity index (χ3n) is 1.94. The number of hydrogen-bond acceptors (Lipinski definition) is 4. The van der Waals surface area contributed by atoms with Crippen LogP contribution in [0.15, 0.2) is 29.6 Å². The Kier molecular flexibility index (Phi) is 3.78. The molecule has 1 aromatic carbocycles. The molecule has 0 saturated carbocycles. The first-order chi connectivity index (χ1) is 8.15. The Morgan fingerprint density at radius 2 is 2.06 bits per heavy atom. The van der Waals surface area contributed by atoms with Crippen LogP contribution < -0.4 is 16.6 Å². The van der Waals surface area contributed by atoms with Gasteiger partial charge in [0, 0.05) is 16.0 Å². The molecule has 0 amide bonds. The minimum atomic E-state index is 0.174. The predicted molar refractivity (Wildman–Crippen MR) is 76.1 cm³/mol. The van der Waals surface area contributed by atoms with Crippen molar-refractivity contribution in [2.75, 3.05) is 5.43 Å². The van der Waals surface area contributed by atoms with Crippen molar-refractivity contribution in [1.29, 1.82) is 0 Å². The van der Waals surface area contributed by atoms with E-state index in [1.807, 2.05) is 29.6 Å². The SMILES string of the molecule is NC(=S)NNc1nc(-c2ccc(Cl)cc2)cs1. The third kappa shape index (κ3) is 3.29. The topological polar surface area (TPSA) is 63.0 Å². The molecule has 2 rings (SSSR count). The van der Waals surface area contributed by atoms with Crippen LogP contribution in [0.4, 0.5) is 5.13 Å². The molecular weight excluding hydrogens is 276 g/mol. The second-order valence-corrected chi connectivity index (χ2v) is 4.89. The van der Waals surface area contributed by atoms with Crippen LogP contribution in [0.3, 0.4) is 0 Å². The highest BCUT2D eigenvalue weighted by molar-refractivity contribution is 7.80. The van der Waals surface area contributed by atoms with Crippen LogP contribution in [0.5, 0.6) is 0 Å². The number of nitrogens with one attached hydrogen (secondary N) is 2. The molecule has 0 spiro atoms. The van der Waals surface area contributed by atoms with Crippen molar-refractivity contribution in [3.05, 3.63) is 34.7 Å². The number of nitrogens with zero attached hydrogens (tertiary/aromatic N) is 1. The van der Waals surface area contributed by atoms with Gasteiger partial charge in [-0.05, 0) is 24.4 Å². The van der Waals surface area contributed by atoms with E-state index >= 15 is 0 Å². The summed E-state index contributed by atoms with van der Waals surface area (Å²) in [6.45, 7) is 0. The number of halogens is 1. The van der Waals surface area contributed by atoms with Gasteiger partial charge in [-0.25, -0.2) is 4.98 Å². The van der Waals surface area contributed by atoms with Crippen LogP contribution in [-0.2, 0) is 0 Å². The quantitative estimate of drug-likeness (QED) is 0.597. The van der Waals surface area contributed by atoms with Gasteiger partial charge in [-0.3, -0.25) is 10.9 Å². The van der Waals surface area contributed by atoms with Crippen molar-refractivity contribution < 1.29 is 0 Å². The van der Waals surface area contributed by atoms with E-state index in [0.29, 0.717) is 10.2 Å². The molecule has 0 saturated heterocycles. The molecule has 4 N–H and O–H groups in total. The molecule has 0 atom stereocenters. The van der Waals surface area contributed by atoms with Gasteiger partial charge in [-0.2, -0.15) is 0 Å². The van der Waals surface area contributed by atoms with Crippen LogP contribution >= 0.6 is 35.2 Å². The van der Waals surface area contributed by atoms with Crippen LogP contribution in [0.1, 0.15) is 0 Å². The van der Waals surface area contributed by atoms with E-state index in [4.69, 9.17) is 17.3 Å². The molecule has 0 bridgehead atoms. The number of nitrogens with two attached hydrogens (primary N) is 1. The Labute approximate surface area is 113 Å². The minimum absolute atomic E-state index is 0.174. The molecule has 1 aromatic heterocycles. The van der Waals surface area contributed by atoms with Crippen LogP contribution in [-0.4, -0.2) is 10.1 Å². The lowest BCUT2D eigenvalue weighted by Gasteiger charge is -2.02. The molecular formula is C10H9ClN4S2. The molecule has 2 aromatic rings. The van der Waals surface area contributed by atoms with Crippen molar-refractivity contribution in [3.8, 4) is 11.3 Å². The number of hydrazine groups is 1. The van der Waals surface area contributed by atoms with Gasteiger partial charge in [-0.15, -0.1) is 11.3 Å². The fourth-order valence-electron chi connectivity index (χ4n) is 1.20.